The Labute approximate surface area is 143 Å². The summed E-state index contributed by atoms with van der Waals surface area (Å²) in [5, 5.41) is 11.3. The molecular weight excluding hydrogens is 334 g/mol. The van der Waals surface area contributed by atoms with Crippen LogP contribution in [0.25, 0.3) is 0 Å². The second kappa shape index (κ2) is 8.73. The summed E-state index contributed by atoms with van der Waals surface area (Å²) in [6.07, 6.45) is 0.979. The van der Waals surface area contributed by atoms with Crippen molar-refractivity contribution in [3.8, 4) is 11.5 Å². The van der Waals surface area contributed by atoms with Gasteiger partial charge in [0.1, 0.15) is 0 Å². The molecule has 1 heterocycles. The van der Waals surface area contributed by atoms with Crippen LogP contribution in [0.2, 0.25) is 0 Å². The molecule has 0 fully saturated rings. The van der Waals surface area contributed by atoms with Gasteiger partial charge in [-0.2, -0.15) is 0 Å². The monoisotopic (exact) mass is 353 g/mol. The number of ether oxygens (including phenoxy) is 2. The average Bonchev–Trinajstić information content (AvgIpc) is 3.00. The van der Waals surface area contributed by atoms with Crippen LogP contribution in [0, 0.1) is 0 Å². The predicted octanol–water partition coefficient (Wildman–Crippen LogP) is 3.24. The molecule has 0 aliphatic carbocycles. The lowest BCUT2D eigenvalue weighted by molar-refractivity contribution is -0.116. The number of aryl methyl sites for hydroxylation is 1. The highest BCUT2D eigenvalue weighted by Crippen LogP contribution is 2.28. The quantitative estimate of drug-likeness (QED) is 0.580. The third kappa shape index (κ3) is 5.11. The third-order valence-electron chi connectivity index (χ3n) is 3.01. The number of methoxy groups -OCH3 is 2. The summed E-state index contributed by atoms with van der Waals surface area (Å²) in [6, 6.07) is 5.65. The Kier molecular flexibility index (Phi) is 6.66. The lowest BCUT2D eigenvalue weighted by Crippen LogP contribution is -2.12. The molecule has 0 saturated carbocycles. The van der Waals surface area contributed by atoms with Crippen LogP contribution in [0.5, 0.6) is 11.5 Å². The number of carbonyl (C=O) groups excluding carboxylic acids is 1. The van der Waals surface area contributed by atoms with Gasteiger partial charge in [-0.05, 0) is 29.9 Å². The second-order valence-electron chi connectivity index (χ2n) is 4.54. The molecular formula is C15H19N3O3S2. The topological polar surface area (TPSA) is 73.3 Å². The number of nitrogens with one attached hydrogen (secondary N) is 1. The number of aromatic nitrogens is 2. The summed E-state index contributed by atoms with van der Waals surface area (Å²) < 4.78 is 11.3. The van der Waals surface area contributed by atoms with Crippen LogP contribution in [0.3, 0.4) is 0 Å². The number of thioether (sulfide) groups is 1. The molecule has 0 saturated heterocycles. The fraction of sp³-hybridized carbons (Fsp3) is 0.400. The van der Waals surface area contributed by atoms with E-state index in [1.54, 1.807) is 26.0 Å². The molecule has 0 bridgehead atoms. The van der Waals surface area contributed by atoms with E-state index in [9.17, 15) is 4.79 Å². The molecule has 6 nitrogen and oxygen atoms in total. The van der Waals surface area contributed by atoms with Gasteiger partial charge in [-0.1, -0.05) is 36.1 Å². The Balaban J connectivity index is 1.88. The highest BCUT2D eigenvalue weighted by Gasteiger charge is 2.10. The predicted molar refractivity (Wildman–Crippen MR) is 92.8 cm³/mol. The molecule has 0 radical (unpaired) electrons. The maximum atomic E-state index is 12.0. The first kappa shape index (κ1) is 17.6. The highest BCUT2D eigenvalue weighted by molar-refractivity contribution is 8.01. The van der Waals surface area contributed by atoms with Crippen molar-refractivity contribution in [1.29, 1.82) is 0 Å². The van der Waals surface area contributed by atoms with Crippen molar-refractivity contribution in [3.05, 3.63) is 23.8 Å². The Hall–Kier alpha value is -1.80. The molecule has 0 atom stereocenters. The molecule has 8 heteroatoms. The number of benzene rings is 1. The van der Waals surface area contributed by atoms with E-state index < -0.39 is 0 Å². The third-order valence-corrected chi connectivity index (χ3v) is 4.86. The van der Waals surface area contributed by atoms with Crippen molar-refractivity contribution in [2.75, 3.05) is 25.3 Å². The van der Waals surface area contributed by atoms with E-state index in [-0.39, 0.29) is 5.91 Å². The minimum absolute atomic E-state index is 0.0796. The molecule has 0 unspecified atom stereocenters. The summed E-state index contributed by atoms with van der Waals surface area (Å²) in [5.74, 6) is 2.19. The number of hydrogen-bond acceptors (Lipinski definition) is 7. The molecule has 1 N–H and O–H groups in total. The number of nitrogens with zero attached hydrogens (tertiary/aromatic N) is 2. The zero-order valence-electron chi connectivity index (χ0n) is 13.3. The number of rotatable bonds is 8. The minimum Gasteiger partial charge on any atom is -0.493 e. The molecule has 23 heavy (non-hydrogen) atoms. The zero-order chi connectivity index (χ0) is 16.7. The van der Waals surface area contributed by atoms with Gasteiger partial charge in [0.05, 0.1) is 14.2 Å². The van der Waals surface area contributed by atoms with Crippen LogP contribution >= 0.6 is 23.1 Å². The molecule has 0 aliphatic heterocycles. The van der Waals surface area contributed by atoms with Crippen LogP contribution < -0.4 is 14.8 Å². The van der Waals surface area contributed by atoms with Gasteiger partial charge in [-0.25, -0.2) is 0 Å². The fourth-order valence-corrected chi connectivity index (χ4v) is 3.58. The van der Waals surface area contributed by atoms with Gasteiger partial charge in [0.2, 0.25) is 11.0 Å². The van der Waals surface area contributed by atoms with Crippen molar-refractivity contribution >= 4 is 34.1 Å². The number of amides is 1. The standard InChI is InChI=1S/C15H19N3O3S2/c1-4-22-15-18-17-14(23-15)16-13(19)8-6-10-5-7-11(20-2)12(9-10)21-3/h5,7,9H,4,6,8H2,1-3H3,(H,16,17,19). The number of carbonyl (C=O) groups is 1. The van der Waals surface area contributed by atoms with Gasteiger partial charge in [-0.3, -0.25) is 4.79 Å². The van der Waals surface area contributed by atoms with Crippen molar-refractivity contribution in [2.45, 2.75) is 24.1 Å². The summed E-state index contributed by atoms with van der Waals surface area (Å²) in [4.78, 5) is 12.0. The highest BCUT2D eigenvalue weighted by atomic mass is 32.2. The van der Waals surface area contributed by atoms with Gasteiger partial charge in [-0.15, -0.1) is 10.2 Å². The smallest absolute Gasteiger partial charge is 0.226 e. The van der Waals surface area contributed by atoms with Crippen LogP contribution in [0.15, 0.2) is 22.5 Å². The largest absolute Gasteiger partial charge is 0.493 e. The fourth-order valence-electron chi connectivity index (χ4n) is 1.92. The first-order chi connectivity index (χ1) is 11.2. The maximum Gasteiger partial charge on any atom is 0.226 e. The van der Waals surface area contributed by atoms with Crippen molar-refractivity contribution in [1.82, 2.24) is 10.2 Å². The van der Waals surface area contributed by atoms with E-state index in [0.29, 0.717) is 29.5 Å². The Morgan fingerprint density at radius 3 is 2.74 bits per heavy atom. The first-order valence-corrected chi connectivity index (χ1v) is 8.93. The van der Waals surface area contributed by atoms with E-state index >= 15 is 0 Å². The van der Waals surface area contributed by atoms with E-state index in [0.717, 1.165) is 15.7 Å². The first-order valence-electron chi connectivity index (χ1n) is 7.13. The van der Waals surface area contributed by atoms with Gasteiger partial charge < -0.3 is 14.8 Å². The molecule has 124 valence electrons. The van der Waals surface area contributed by atoms with E-state index in [1.165, 1.54) is 11.3 Å². The van der Waals surface area contributed by atoms with Crippen LogP contribution in [-0.4, -0.2) is 36.1 Å². The van der Waals surface area contributed by atoms with Crippen molar-refractivity contribution < 1.29 is 14.3 Å². The van der Waals surface area contributed by atoms with Gasteiger partial charge in [0.15, 0.2) is 15.8 Å². The Bertz CT molecular complexity index is 661. The molecule has 0 aliphatic rings. The summed E-state index contributed by atoms with van der Waals surface area (Å²) in [7, 11) is 3.19. The van der Waals surface area contributed by atoms with Crippen molar-refractivity contribution in [2.24, 2.45) is 0 Å². The van der Waals surface area contributed by atoms with Crippen LogP contribution in [0.1, 0.15) is 18.9 Å². The van der Waals surface area contributed by atoms with Gasteiger partial charge >= 0.3 is 0 Å². The molecule has 2 aromatic rings. The lowest BCUT2D eigenvalue weighted by atomic mass is 10.1. The lowest BCUT2D eigenvalue weighted by Gasteiger charge is -2.09. The molecule has 1 amide bonds. The van der Waals surface area contributed by atoms with E-state index in [4.69, 9.17) is 9.47 Å². The Morgan fingerprint density at radius 2 is 2.04 bits per heavy atom. The SMILES string of the molecule is CCSc1nnc(NC(=O)CCc2ccc(OC)c(OC)c2)s1. The Morgan fingerprint density at radius 1 is 1.26 bits per heavy atom. The number of hydrogen-bond donors (Lipinski definition) is 1. The molecule has 0 spiro atoms. The maximum absolute atomic E-state index is 12.0. The van der Waals surface area contributed by atoms with Crippen molar-refractivity contribution in [3.63, 3.8) is 0 Å². The minimum atomic E-state index is -0.0796. The second-order valence-corrected chi connectivity index (χ2v) is 7.03. The van der Waals surface area contributed by atoms with E-state index in [2.05, 4.69) is 15.5 Å². The molecule has 1 aromatic heterocycles. The zero-order valence-corrected chi connectivity index (χ0v) is 14.9. The average molecular weight is 353 g/mol. The van der Waals surface area contributed by atoms with Crippen LogP contribution in [-0.2, 0) is 11.2 Å². The number of anilines is 1. The van der Waals surface area contributed by atoms with E-state index in [1.807, 2.05) is 25.1 Å². The summed E-state index contributed by atoms with van der Waals surface area (Å²) in [5.41, 5.74) is 1.01. The summed E-state index contributed by atoms with van der Waals surface area (Å²) in [6.45, 7) is 2.05. The normalized spacial score (nSPS) is 10.4. The van der Waals surface area contributed by atoms with Gasteiger partial charge in [0, 0.05) is 6.42 Å². The molecule has 1 aromatic carbocycles. The van der Waals surface area contributed by atoms with Gasteiger partial charge in [0.25, 0.3) is 0 Å². The van der Waals surface area contributed by atoms with Crippen LogP contribution in [0.4, 0.5) is 5.13 Å². The molecule has 2 rings (SSSR count). The summed E-state index contributed by atoms with van der Waals surface area (Å²) >= 11 is 3.00.